The maximum Gasteiger partial charge on any atom is 0.364 e. The molecule has 6 aliphatic rings. The van der Waals surface area contributed by atoms with Crippen LogP contribution in [-0.4, -0.2) is 362 Å². The van der Waals surface area contributed by atoms with Crippen LogP contribution in [0.5, 0.6) is 0 Å². The molecule has 6 rings (SSSR count). The van der Waals surface area contributed by atoms with Gasteiger partial charge in [-0.1, -0.05) is 180 Å². The number of allylic oxidation sites excluding steroid dienone is 1. The molecule has 0 saturated carbocycles. The highest BCUT2D eigenvalue weighted by Gasteiger charge is 2.62. The standard InChI is InChI=1S/C79H141N3O35/c1-6-8-10-12-14-16-18-20-21-23-25-27-29-31-33-35-54(93)82-46(47(90)34-32-30-28-26-24-22-19-17-15-13-11-9-7-2)42-106-74-64(101)62(99)67(52(40-86)111-74)112-76-65(102)71(59(96)50(38-84)108-76)115-73-56(81-45(5)89)70(68(53(41-87)110-73)113-75-63(100)61(98)57(94)43(3)107-75)114-77-66(103)72(60(97)51(39-85)109-77)117-79(78(104)105)36-48(91)55(80-44(4)88)69(116-79)58(95)49(92)37-83/h32,34,43,46-53,55-77,83-87,90-92,94-103H,6-31,33,35-42H2,1-5H3,(H,80,88)(H,81,89)(H,82,93)(H,104,105)/b34-32+/t43?,46-,47+,48?,49+,50?,51?,52?,53?,55+,56?,57+,58+,59-,60-,61?,62+,63-,64?,65?,66?,67+,68+,69?,70+,71-,72-,73-,74+,75+,76-,77-,79-/m0/s1. The molecule has 12 unspecified atom stereocenters. The van der Waals surface area contributed by atoms with Crippen molar-refractivity contribution in [3.8, 4) is 0 Å². The summed E-state index contributed by atoms with van der Waals surface area (Å²) >= 11 is 0. The Morgan fingerprint density at radius 1 is 0.462 bits per heavy atom. The van der Waals surface area contributed by atoms with Gasteiger partial charge in [-0.15, -0.1) is 0 Å². The topological polar surface area (TPSA) is 600 Å². The number of rotatable bonds is 54. The molecule has 0 aromatic rings. The first-order chi connectivity index (χ1) is 56.0. The van der Waals surface area contributed by atoms with E-state index in [1.54, 1.807) is 6.08 Å². The van der Waals surface area contributed by atoms with Gasteiger partial charge in [0.05, 0.1) is 70.0 Å². The number of aliphatic hydroxyl groups is 18. The van der Waals surface area contributed by atoms with Gasteiger partial charge in [-0.3, -0.25) is 14.4 Å². The average molecular weight is 1690 g/mol. The summed E-state index contributed by atoms with van der Waals surface area (Å²) in [4.78, 5) is 52.9. The summed E-state index contributed by atoms with van der Waals surface area (Å²) in [6.45, 7) is 1.46. The maximum absolute atomic E-state index is 13.6. The summed E-state index contributed by atoms with van der Waals surface area (Å²) in [5.74, 6) is -7.64. The first kappa shape index (κ1) is 102. The van der Waals surface area contributed by atoms with Crippen molar-refractivity contribution in [3.63, 3.8) is 0 Å². The fraction of sp³-hybridized carbons (Fsp3) is 0.924. The van der Waals surface area contributed by atoms with E-state index in [4.69, 9.17) is 56.8 Å². The largest absolute Gasteiger partial charge is 0.477 e. The molecule has 33 atom stereocenters. The highest BCUT2D eigenvalue weighted by atomic mass is 16.8. The van der Waals surface area contributed by atoms with Crippen molar-refractivity contribution in [1.29, 1.82) is 0 Å². The van der Waals surface area contributed by atoms with Crippen LogP contribution in [0.25, 0.3) is 0 Å². The molecule has 38 nitrogen and oxygen atoms in total. The van der Waals surface area contributed by atoms with Gasteiger partial charge in [0.15, 0.2) is 31.5 Å². The van der Waals surface area contributed by atoms with Crippen molar-refractivity contribution in [2.24, 2.45) is 0 Å². The molecule has 6 aliphatic heterocycles. The third kappa shape index (κ3) is 30.4. The number of carbonyl (C=O) groups is 4. The minimum Gasteiger partial charge on any atom is -0.477 e. The quantitative estimate of drug-likeness (QED) is 0.0227. The van der Waals surface area contributed by atoms with Gasteiger partial charge in [0.25, 0.3) is 5.79 Å². The first-order valence-electron chi connectivity index (χ1n) is 42.5. The molecule has 3 amide bonds. The number of hydrogen-bond acceptors (Lipinski definition) is 34. The van der Waals surface area contributed by atoms with Crippen LogP contribution < -0.4 is 16.0 Å². The molecular weight excluding hydrogens is 1550 g/mol. The van der Waals surface area contributed by atoms with Gasteiger partial charge in [0.2, 0.25) is 17.7 Å². The predicted octanol–water partition coefficient (Wildman–Crippen LogP) is -2.19. The lowest BCUT2D eigenvalue weighted by atomic mass is 9.88. The van der Waals surface area contributed by atoms with Crippen LogP contribution in [0.2, 0.25) is 0 Å². The van der Waals surface area contributed by atoms with Gasteiger partial charge in [0, 0.05) is 26.7 Å². The number of carbonyl (C=O) groups excluding carboxylic acids is 3. The molecule has 0 aliphatic carbocycles. The Morgan fingerprint density at radius 2 is 0.889 bits per heavy atom. The lowest BCUT2D eigenvalue weighted by Crippen LogP contribution is -2.72. The van der Waals surface area contributed by atoms with Gasteiger partial charge in [-0.05, 0) is 26.2 Å². The zero-order valence-corrected chi connectivity index (χ0v) is 68.4. The number of nitrogens with one attached hydrogen (secondary N) is 3. The van der Waals surface area contributed by atoms with Gasteiger partial charge in [-0.2, -0.15) is 0 Å². The van der Waals surface area contributed by atoms with Crippen molar-refractivity contribution < 1.29 is 173 Å². The number of aliphatic carboxylic acids is 1. The monoisotopic (exact) mass is 1690 g/mol. The van der Waals surface area contributed by atoms with E-state index in [1.807, 2.05) is 6.08 Å². The van der Waals surface area contributed by atoms with Crippen LogP contribution in [0, 0.1) is 0 Å². The zero-order chi connectivity index (χ0) is 86.1. The Hall–Kier alpha value is -3.58. The molecule has 117 heavy (non-hydrogen) atoms. The Bertz CT molecular complexity index is 2810. The van der Waals surface area contributed by atoms with Crippen molar-refractivity contribution in [1.82, 2.24) is 16.0 Å². The summed E-state index contributed by atoms with van der Waals surface area (Å²) in [5, 5.41) is 221. The second kappa shape index (κ2) is 52.9. The molecule has 0 spiro atoms. The second-order valence-corrected chi connectivity index (χ2v) is 32.1. The third-order valence-corrected chi connectivity index (χ3v) is 22.7. The zero-order valence-electron chi connectivity index (χ0n) is 68.4. The average Bonchev–Trinajstić information content (AvgIpc) is 0.754. The second-order valence-electron chi connectivity index (χ2n) is 32.1. The van der Waals surface area contributed by atoms with Crippen LogP contribution in [0.15, 0.2) is 12.2 Å². The number of aliphatic hydroxyl groups excluding tert-OH is 18. The third-order valence-electron chi connectivity index (χ3n) is 22.7. The van der Waals surface area contributed by atoms with E-state index >= 15 is 0 Å². The highest BCUT2D eigenvalue weighted by Crippen LogP contribution is 2.41. The van der Waals surface area contributed by atoms with Gasteiger partial charge in [-0.25, -0.2) is 4.79 Å². The first-order valence-corrected chi connectivity index (χ1v) is 42.5. The van der Waals surface area contributed by atoms with E-state index < -0.39 is 266 Å². The van der Waals surface area contributed by atoms with E-state index in [2.05, 4.69) is 29.8 Å². The molecule has 6 heterocycles. The fourth-order valence-corrected chi connectivity index (χ4v) is 15.7. The van der Waals surface area contributed by atoms with Crippen molar-refractivity contribution in [3.05, 3.63) is 12.2 Å². The minimum atomic E-state index is -3.30. The van der Waals surface area contributed by atoms with E-state index in [-0.39, 0.29) is 12.3 Å². The fourth-order valence-electron chi connectivity index (χ4n) is 15.7. The van der Waals surface area contributed by atoms with E-state index in [9.17, 15) is 116 Å². The Balaban J connectivity index is 1.21. The number of carboxylic acid groups (broad SMARTS) is 1. The van der Waals surface area contributed by atoms with Crippen LogP contribution in [-0.2, 0) is 76.0 Å². The summed E-state index contributed by atoms with van der Waals surface area (Å²) in [5.41, 5.74) is 0. The number of amides is 3. The minimum absolute atomic E-state index is 0.148. The Labute approximate surface area is 684 Å². The molecule has 0 aromatic heterocycles. The lowest BCUT2D eigenvalue weighted by molar-refractivity contribution is -0.399. The van der Waals surface area contributed by atoms with Crippen LogP contribution in [0.3, 0.4) is 0 Å². The molecule has 6 saturated heterocycles. The molecule has 682 valence electrons. The summed E-state index contributed by atoms with van der Waals surface area (Å²) in [7, 11) is 0. The van der Waals surface area contributed by atoms with Crippen molar-refractivity contribution in [2.75, 3.05) is 39.6 Å². The van der Waals surface area contributed by atoms with Crippen molar-refractivity contribution >= 4 is 23.7 Å². The molecule has 0 bridgehead atoms. The number of ether oxygens (including phenoxy) is 12. The van der Waals surface area contributed by atoms with Crippen LogP contribution >= 0.6 is 0 Å². The molecule has 0 radical (unpaired) electrons. The maximum atomic E-state index is 13.6. The van der Waals surface area contributed by atoms with Gasteiger partial charge < -0.3 is 170 Å². The molecule has 0 aromatic carbocycles. The Morgan fingerprint density at radius 3 is 1.39 bits per heavy atom. The SMILES string of the molecule is CCCCCCCCCCCCC/C=C/[C@@H](O)[C@H](CO[C@@H]1OC(CO)[C@@H](O[C@@H]2OC(CO)[C@H](O)[C@H](O[C@@H]3OC(CO)[C@@H](O[C@H]4OC(C)[C@@H](O)C(O)[C@@H]4O)[C@H](O[C@@H]4OC(CO)[C@H](O)[C@H](O[C@]5(C(=O)O)CC(O)[C@@H](NC(C)=O)C([C@H](O)[C@H](O)CO)O5)C4O)C3NC(C)=O)C2O)[C@H](O)C1O)NC(=O)CCCCCCCCCCCCCCCCC. The smallest absolute Gasteiger partial charge is 0.364 e. The Kier molecular flexibility index (Phi) is 46.2. The number of carboxylic acids is 1. The molecular formula is C79H141N3O35. The van der Waals surface area contributed by atoms with Crippen molar-refractivity contribution in [2.45, 2.75) is 423 Å². The van der Waals surface area contributed by atoms with E-state index in [0.29, 0.717) is 12.8 Å². The summed E-state index contributed by atoms with van der Waals surface area (Å²) < 4.78 is 72.2. The lowest BCUT2D eigenvalue weighted by Gasteiger charge is -2.52. The van der Waals surface area contributed by atoms with Crippen LogP contribution in [0.4, 0.5) is 0 Å². The molecule has 6 fully saturated rings. The highest BCUT2D eigenvalue weighted by molar-refractivity contribution is 5.77. The van der Waals surface area contributed by atoms with E-state index in [1.165, 1.54) is 116 Å². The normalized spacial score (nSPS) is 36.6. The van der Waals surface area contributed by atoms with Crippen LogP contribution in [0.1, 0.15) is 221 Å². The molecule has 38 heteroatoms. The number of unbranched alkanes of at least 4 members (excludes halogenated alkanes) is 25. The summed E-state index contributed by atoms with van der Waals surface area (Å²) in [6.07, 6.45) is -26.6. The van der Waals surface area contributed by atoms with Gasteiger partial charge in [0.1, 0.15) is 134 Å². The van der Waals surface area contributed by atoms with E-state index in [0.717, 1.165) is 65.2 Å². The molecule has 22 N–H and O–H groups in total. The van der Waals surface area contributed by atoms with Gasteiger partial charge >= 0.3 is 5.97 Å². The number of hydrogen-bond donors (Lipinski definition) is 22. The summed E-state index contributed by atoms with van der Waals surface area (Å²) in [6, 6.07) is -4.87. The predicted molar refractivity (Wildman–Crippen MR) is 410 cm³/mol.